The molecule has 2 heterocycles. The monoisotopic (exact) mass is 404 g/mol. The number of ether oxygens (including phenoxy) is 1. The van der Waals surface area contributed by atoms with Crippen LogP contribution in [0.15, 0.2) is 4.99 Å². The lowest BCUT2D eigenvalue weighted by Gasteiger charge is -2.35. The van der Waals surface area contributed by atoms with Crippen LogP contribution >= 0.6 is 23.2 Å². The van der Waals surface area contributed by atoms with Crippen LogP contribution in [0, 0.1) is 0 Å². The van der Waals surface area contributed by atoms with E-state index in [1.807, 2.05) is 20.8 Å². The molecule has 26 heavy (non-hydrogen) atoms. The van der Waals surface area contributed by atoms with Crippen molar-refractivity contribution in [2.45, 2.75) is 32.9 Å². The van der Waals surface area contributed by atoms with Crippen LogP contribution in [0.25, 0.3) is 0 Å². The van der Waals surface area contributed by atoms with Gasteiger partial charge in [0.15, 0.2) is 5.29 Å². The highest BCUT2D eigenvalue weighted by atomic mass is 35.5. The Hall–Kier alpha value is -1.51. The van der Waals surface area contributed by atoms with Gasteiger partial charge in [-0.15, -0.1) is 0 Å². The van der Waals surface area contributed by atoms with Crippen molar-refractivity contribution in [2.24, 2.45) is 12.0 Å². The predicted octanol–water partition coefficient (Wildman–Crippen LogP) is 2.76. The first kappa shape index (κ1) is 20.8. The smallest absolute Gasteiger partial charge is 0.410 e. The number of imidazole rings is 1. The van der Waals surface area contributed by atoms with E-state index >= 15 is 0 Å². The Bertz CT molecular complexity index is 675. The average molecular weight is 405 g/mol. The van der Waals surface area contributed by atoms with Gasteiger partial charge in [0, 0.05) is 46.8 Å². The SMILES string of the molecule is CN=C(Cl)Nc1c(CN2CCN(C(=O)OC(C)(C)C)CC2)nc(Cl)n1C. The van der Waals surface area contributed by atoms with Crippen molar-refractivity contribution in [2.75, 3.05) is 38.5 Å². The minimum absolute atomic E-state index is 0.265. The Balaban J connectivity index is 1.97. The van der Waals surface area contributed by atoms with Gasteiger partial charge in [-0.2, -0.15) is 0 Å². The first-order valence-electron chi connectivity index (χ1n) is 8.41. The number of carbonyl (C=O) groups is 1. The van der Waals surface area contributed by atoms with Crippen molar-refractivity contribution >= 4 is 40.4 Å². The lowest BCUT2D eigenvalue weighted by atomic mass is 10.2. The standard InChI is InChI=1S/C16H26Cl2N6O2/c1-16(2,3)26-15(25)24-8-6-23(7-9-24)10-11-12(21-13(17)19-4)22(5)14(18)20-11/h6-10H2,1-5H3,(H,19,21). The summed E-state index contributed by atoms with van der Waals surface area (Å²) in [5.74, 6) is 0.708. The highest BCUT2D eigenvalue weighted by molar-refractivity contribution is 6.67. The number of aromatic nitrogens is 2. The zero-order valence-electron chi connectivity index (χ0n) is 15.8. The summed E-state index contributed by atoms with van der Waals surface area (Å²) < 4.78 is 7.15. The molecule has 0 atom stereocenters. The molecule has 1 fully saturated rings. The second-order valence-electron chi connectivity index (χ2n) is 7.12. The molecule has 0 saturated carbocycles. The molecular weight excluding hydrogens is 379 g/mol. The molecule has 1 aliphatic heterocycles. The number of hydrogen-bond acceptors (Lipinski definition) is 5. The number of piperazine rings is 1. The molecule has 0 aromatic carbocycles. The van der Waals surface area contributed by atoms with Crippen molar-refractivity contribution < 1.29 is 9.53 Å². The largest absolute Gasteiger partial charge is 0.444 e. The molecule has 0 aliphatic carbocycles. The fourth-order valence-corrected chi connectivity index (χ4v) is 2.85. The van der Waals surface area contributed by atoms with Gasteiger partial charge in [-0.25, -0.2) is 9.78 Å². The van der Waals surface area contributed by atoms with E-state index in [1.54, 1.807) is 23.6 Å². The number of amidine groups is 1. The highest BCUT2D eigenvalue weighted by Gasteiger charge is 2.27. The zero-order chi connectivity index (χ0) is 19.5. The van der Waals surface area contributed by atoms with Gasteiger partial charge in [-0.1, -0.05) is 0 Å². The minimum Gasteiger partial charge on any atom is -0.444 e. The van der Waals surface area contributed by atoms with E-state index in [0.29, 0.717) is 30.7 Å². The maximum atomic E-state index is 12.1. The average Bonchev–Trinajstić information content (AvgIpc) is 2.81. The summed E-state index contributed by atoms with van der Waals surface area (Å²) in [5.41, 5.74) is 0.296. The van der Waals surface area contributed by atoms with E-state index in [0.717, 1.165) is 18.8 Å². The second-order valence-corrected chi connectivity index (χ2v) is 7.81. The molecule has 1 saturated heterocycles. The molecule has 0 bridgehead atoms. The zero-order valence-corrected chi connectivity index (χ0v) is 17.4. The fraction of sp³-hybridized carbons (Fsp3) is 0.688. The molecule has 146 valence electrons. The number of hydrogen-bond donors (Lipinski definition) is 1. The van der Waals surface area contributed by atoms with Crippen molar-refractivity contribution in [3.05, 3.63) is 11.0 Å². The lowest BCUT2D eigenvalue weighted by Crippen LogP contribution is -2.49. The topological polar surface area (TPSA) is 75.0 Å². The lowest BCUT2D eigenvalue weighted by molar-refractivity contribution is 0.0138. The van der Waals surface area contributed by atoms with Gasteiger partial charge >= 0.3 is 6.09 Å². The maximum Gasteiger partial charge on any atom is 0.410 e. The van der Waals surface area contributed by atoms with Gasteiger partial charge in [0.25, 0.3) is 0 Å². The molecule has 1 aromatic rings. The Morgan fingerprint density at radius 2 is 1.92 bits per heavy atom. The number of anilines is 1. The molecular formula is C16H26Cl2N6O2. The fourth-order valence-electron chi connectivity index (χ4n) is 2.57. The van der Waals surface area contributed by atoms with Gasteiger partial charge in [0.05, 0.1) is 5.69 Å². The third kappa shape index (κ3) is 5.49. The Morgan fingerprint density at radius 3 is 2.46 bits per heavy atom. The van der Waals surface area contributed by atoms with Gasteiger partial charge in [0.1, 0.15) is 11.4 Å². The van der Waals surface area contributed by atoms with Crippen molar-refractivity contribution in [3.8, 4) is 0 Å². The number of nitrogens with zero attached hydrogens (tertiary/aromatic N) is 5. The Morgan fingerprint density at radius 1 is 1.31 bits per heavy atom. The second kappa shape index (κ2) is 8.45. The number of amides is 1. The molecule has 0 spiro atoms. The quantitative estimate of drug-likeness (QED) is 0.476. The number of nitrogens with one attached hydrogen (secondary N) is 1. The van der Waals surface area contributed by atoms with Gasteiger partial charge < -0.3 is 19.5 Å². The Labute approximate surface area is 164 Å². The van der Waals surface area contributed by atoms with E-state index in [4.69, 9.17) is 27.9 Å². The molecule has 1 amide bonds. The van der Waals surface area contributed by atoms with E-state index in [9.17, 15) is 4.79 Å². The van der Waals surface area contributed by atoms with Gasteiger partial charge in [0.2, 0.25) is 5.28 Å². The Kier molecular flexibility index (Phi) is 6.76. The molecule has 0 unspecified atom stereocenters. The first-order valence-corrected chi connectivity index (χ1v) is 9.17. The van der Waals surface area contributed by atoms with Crippen LogP contribution in [-0.2, 0) is 18.3 Å². The first-order chi connectivity index (χ1) is 12.1. The summed E-state index contributed by atoms with van der Waals surface area (Å²) in [6.45, 7) is 8.86. The van der Waals surface area contributed by atoms with Gasteiger partial charge in [-0.05, 0) is 44.0 Å². The molecule has 10 heteroatoms. The third-order valence-electron chi connectivity index (χ3n) is 3.93. The number of aliphatic imine (C=N–C) groups is 1. The highest BCUT2D eigenvalue weighted by Crippen LogP contribution is 2.23. The summed E-state index contributed by atoms with van der Waals surface area (Å²) >= 11 is 12.1. The summed E-state index contributed by atoms with van der Waals surface area (Å²) in [6.07, 6.45) is -0.272. The van der Waals surface area contributed by atoms with Crippen molar-refractivity contribution in [3.63, 3.8) is 0 Å². The van der Waals surface area contributed by atoms with Crippen molar-refractivity contribution in [1.29, 1.82) is 0 Å². The summed E-state index contributed by atoms with van der Waals surface area (Å²) in [7, 11) is 3.41. The number of carbonyl (C=O) groups excluding carboxylic acids is 1. The van der Waals surface area contributed by atoms with Gasteiger partial charge in [-0.3, -0.25) is 9.89 Å². The third-order valence-corrected chi connectivity index (χ3v) is 4.53. The summed E-state index contributed by atoms with van der Waals surface area (Å²) in [4.78, 5) is 24.4. The molecule has 0 radical (unpaired) electrons. The van der Waals surface area contributed by atoms with Crippen LogP contribution in [0.5, 0.6) is 0 Å². The normalized spacial score (nSPS) is 16.7. The predicted molar refractivity (Wildman–Crippen MR) is 104 cm³/mol. The van der Waals surface area contributed by atoms with Crippen LogP contribution in [0.1, 0.15) is 26.5 Å². The molecule has 1 aromatic heterocycles. The van der Waals surface area contributed by atoms with E-state index in [2.05, 4.69) is 20.2 Å². The van der Waals surface area contributed by atoms with Crippen LogP contribution in [0.3, 0.4) is 0 Å². The molecule has 1 N–H and O–H groups in total. The minimum atomic E-state index is -0.487. The van der Waals surface area contributed by atoms with Crippen LogP contribution < -0.4 is 5.32 Å². The maximum absolute atomic E-state index is 12.1. The molecule has 8 nitrogen and oxygen atoms in total. The summed E-state index contributed by atoms with van der Waals surface area (Å²) in [5, 5.41) is 3.65. The summed E-state index contributed by atoms with van der Waals surface area (Å²) in [6, 6.07) is 0. The molecule has 2 rings (SSSR count). The number of halogens is 2. The van der Waals surface area contributed by atoms with Crippen LogP contribution in [0.4, 0.5) is 10.6 Å². The van der Waals surface area contributed by atoms with Crippen LogP contribution in [-0.4, -0.2) is 69.6 Å². The van der Waals surface area contributed by atoms with E-state index in [-0.39, 0.29) is 11.4 Å². The van der Waals surface area contributed by atoms with E-state index < -0.39 is 5.60 Å². The van der Waals surface area contributed by atoms with Crippen molar-refractivity contribution in [1.82, 2.24) is 19.4 Å². The van der Waals surface area contributed by atoms with Crippen LogP contribution in [0.2, 0.25) is 5.28 Å². The molecule has 1 aliphatic rings. The number of rotatable bonds is 3. The van der Waals surface area contributed by atoms with E-state index in [1.165, 1.54) is 0 Å².